The number of hydrogen-bond donors (Lipinski definition) is 1. The normalized spacial score (nSPS) is 10.1. The van der Waals surface area contributed by atoms with E-state index in [-0.39, 0.29) is 5.91 Å². The zero-order valence-corrected chi connectivity index (χ0v) is 8.60. The number of amides is 1. The third-order valence-electron chi connectivity index (χ3n) is 1.85. The fraction of sp³-hybridized carbons (Fsp3) is 0.556. The Bertz CT molecular complexity index is 268. The summed E-state index contributed by atoms with van der Waals surface area (Å²) in [7, 11) is 3.50. The van der Waals surface area contributed by atoms with E-state index in [1.165, 1.54) is 0 Å². The van der Waals surface area contributed by atoms with Gasteiger partial charge in [-0.3, -0.25) is 9.48 Å². The fourth-order valence-electron chi connectivity index (χ4n) is 0.980. The third-order valence-corrected chi connectivity index (χ3v) is 1.85. The second-order valence-electron chi connectivity index (χ2n) is 3.23. The number of likely N-dealkylation sites (N-methyl/N-ethyl adjacent to an activating group) is 1. The lowest BCUT2D eigenvalue weighted by molar-refractivity contribution is -0.127. The minimum Gasteiger partial charge on any atom is -0.348 e. The van der Waals surface area contributed by atoms with E-state index in [1.54, 1.807) is 25.2 Å². The van der Waals surface area contributed by atoms with Crippen molar-refractivity contribution >= 4 is 5.91 Å². The molecule has 14 heavy (non-hydrogen) atoms. The molecule has 0 aliphatic carbocycles. The molecule has 5 nitrogen and oxygen atoms in total. The first-order valence-electron chi connectivity index (χ1n) is 4.58. The number of hydrogen-bond acceptors (Lipinski definition) is 3. The lowest BCUT2D eigenvalue weighted by Gasteiger charge is -2.10. The van der Waals surface area contributed by atoms with Crippen LogP contribution in [0.5, 0.6) is 0 Å². The fourth-order valence-corrected chi connectivity index (χ4v) is 0.980. The van der Waals surface area contributed by atoms with Crippen LogP contribution in [-0.4, -0.2) is 47.8 Å². The summed E-state index contributed by atoms with van der Waals surface area (Å²) in [6.07, 6.45) is 3.64. The number of nitrogens with zero attached hydrogens (tertiary/aromatic N) is 3. The maximum atomic E-state index is 11.1. The molecule has 0 radical (unpaired) electrons. The van der Waals surface area contributed by atoms with Gasteiger partial charge in [-0.1, -0.05) is 0 Å². The second-order valence-corrected chi connectivity index (χ2v) is 3.23. The van der Waals surface area contributed by atoms with Crippen molar-refractivity contribution < 1.29 is 4.79 Å². The van der Waals surface area contributed by atoms with Crippen LogP contribution in [0.2, 0.25) is 0 Å². The van der Waals surface area contributed by atoms with Gasteiger partial charge in [0.15, 0.2) is 0 Å². The molecule has 0 saturated carbocycles. The van der Waals surface area contributed by atoms with Crippen LogP contribution in [0.4, 0.5) is 0 Å². The Morgan fingerprint density at radius 1 is 1.57 bits per heavy atom. The standard InChI is InChI=1S/C9H16N4O/c1-12(2)9(14)8-10-5-7-13-6-3-4-11-13/h3-4,6,10H,5,7-8H2,1-2H3. The molecule has 1 heterocycles. The summed E-state index contributed by atoms with van der Waals surface area (Å²) >= 11 is 0. The molecule has 1 amide bonds. The van der Waals surface area contributed by atoms with E-state index in [1.807, 2.05) is 16.9 Å². The summed E-state index contributed by atoms with van der Waals surface area (Å²) < 4.78 is 1.83. The summed E-state index contributed by atoms with van der Waals surface area (Å²) in [5.41, 5.74) is 0. The van der Waals surface area contributed by atoms with Gasteiger partial charge < -0.3 is 10.2 Å². The average Bonchev–Trinajstić information content (AvgIpc) is 2.64. The van der Waals surface area contributed by atoms with Gasteiger partial charge in [0.05, 0.1) is 13.1 Å². The molecular weight excluding hydrogens is 180 g/mol. The molecule has 0 aliphatic rings. The van der Waals surface area contributed by atoms with Crippen LogP contribution in [0.1, 0.15) is 0 Å². The van der Waals surface area contributed by atoms with Crippen LogP contribution in [0.3, 0.4) is 0 Å². The van der Waals surface area contributed by atoms with E-state index >= 15 is 0 Å². The Morgan fingerprint density at radius 3 is 2.93 bits per heavy atom. The van der Waals surface area contributed by atoms with Crippen molar-refractivity contribution in [2.75, 3.05) is 27.2 Å². The lowest BCUT2D eigenvalue weighted by Crippen LogP contribution is -2.34. The molecule has 0 aromatic carbocycles. The lowest BCUT2D eigenvalue weighted by atomic mass is 10.5. The third kappa shape index (κ3) is 3.57. The highest BCUT2D eigenvalue weighted by Crippen LogP contribution is 1.82. The average molecular weight is 196 g/mol. The molecule has 1 N–H and O–H groups in total. The predicted molar refractivity (Wildman–Crippen MR) is 53.8 cm³/mol. The van der Waals surface area contributed by atoms with E-state index in [0.29, 0.717) is 6.54 Å². The molecule has 1 aromatic heterocycles. The SMILES string of the molecule is CN(C)C(=O)CNCCn1cccn1. The van der Waals surface area contributed by atoms with Crippen molar-refractivity contribution in [1.82, 2.24) is 20.0 Å². The van der Waals surface area contributed by atoms with Crippen molar-refractivity contribution in [3.63, 3.8) is 0 Å². The van der Waals surface area contributed by atoms with Crippen LogP contribution < -0.4 is 5.32 Å². The Labute approximate surface area is 83.7 Å². The molecule has 0 aliphatic heterocycles. The van der Waals surface area contributed by atoms with Gasteiger partial charge in [0.2, 0.25) is 5.91 Å². The summed E-state index contributed by atoms with van der Waals surface area (Å²) in [5.74, 6) is 0.0884. The van der Waals surface area contributed by atoms with Gasteiger partial charge in [0.1, 0.15) is 0 Å². The Kier molecular flexibility index (Phi) is 4.12. The van der Waals surface area contributed by atoms with E-state index in [0.717, 1.165) is 13.1 Å². The Hall–Kier alpha value is -1.36. The largest absolute Gasteiger partial charge is 0.348 e. The first-order chi connectivity index (χ1) is 6.70. The van der Waals surface area contributed by atoms with Gasteiger partial charge in [0, 0.05) is 33.0 Å². The number of nitrogens with one attached hydrogen (secondary N) is 1. The molecule has 0 unspecified atom stereocenters. The monoisotopic (exact) mass is 196 g/mol. The van der Waals surface area contributed by atoms with Crippen LogP contribution in [0.25, 0.3) is 0 Å². The second kappa shape index (κ2) is 5.39. The topological polar surface area (TPSA) is 50.2 Å². The minimum absolute atomic E-state index is 0.0884. The summed E-state index contributed by atoms with van der Waals surface area (Å²) in [5, 5.41) is 7.10. The number of rotatable bonds is 5. The van der Waals surface area contributed by atoms with E-state index in [4.69, 9.17) is 0 Å². The van der Waals surface area contributed by atoms with Crippen LogP contribution in [0, 0.1) is 0 Å². The smallest absolute Gasteiger partial charge is 0.236 e. The van der Waals surface area contributed by atoms with Gasteiger partial charge in [-0.15, -0.1) is 0 Å². The van der Waals surface area contributed by atoms with Crippen molar-refractivity contribution in [1.29, 1.82) is 0 Å². The first-order valence-corrected chi connectivity index (χ1v) is 4.58. The van der Waals surface area contributed by atoms with Gasteiger partial charge in [-0.2, -0.15) is 5.10 Å². The molecule has 1 aromatic rings. The molecular formula is C9H16N4O. The molecule has 0 fully saturated rings. The molecule has 78 valence electrons. The van der Waals surface area contributed by atoms with Gasteiger partial charge in [-0.05, 0) is 6.07 Å². The molecule has 1 rings (SSSR count). The van der Waals surface area contributed by atoms with Crippen LogP contribution >= 0.6 is 0 Å². The Morgan fingerprint density at radius 2 is 2.36 bits per heavy atom. The van der Waals surface area contributed by atoms with Crippen molar-refractivity contribution in [2.45, 2.75) is 6.54 Å². The number of aromatic nitrogens is 2. The zero-order chi connectivity index (χ0) is 10.4. The van der Waals surface area contributed by atoms with Gasteiger partial charge in [-0.25, -0.2) is 0 Å². The maximum Gasteiger partial charge on any atom is 0.236 e. The molecule has 0 spiro atoms. The quantitative estimate of drug-likeness (QED) is 0.650. The van der Waals surface area contributed by atoms with E-state index in [9.17, 15) is 4.79 Å². The summed E-state index contributed by atoms with van der Waals surface area (Å²) in [4.78, 5) is 12.7. The first kappa shape index (κ1) is 10.7. The minimum atomic E-state index is 0.0884. The van der Waals surface area contributed by atoms with E-state index < -0.39 is 0 Å². The van der Waals surface area contributed by atoms with Gasteiger partial charge >= 0.3 is 0 Å². The highest BCUT2D eigenvalue weighted by Gasteiger charge is 2.01. The molecule has 5 heteroatoms. The van der Waals surface area contributed by atoms with Crippen molar-refractivity contribution in [3.8, 4) is 0 Å². The molecule has 0 bridgehead atoms. The van der Waals surface area contributed by atoms with Crippen LogP contribution in [-0.2, 0) is 11.3 Å². The highest BCUT2D eigenvalue weighted by molar-refractivity contribution is 5.77. The maximum absolute atomic E-state index is 11.1. The zero-order valence-electron chi connectivity index (χ0n) is 8.60. The van der Waals surface area contributed by atoms with E-state index in [2.05, 4.69) is 10.4 Å². The molecule has 0 atom stereocenters. The summed E-state index contributed by atoms with van der Waals surface area (Å²) in [6.45, 7) is 1.92. The number of carbonyl (C=O) groups excluding carboxylic acids is 1. The summed E-state index contributed by atoms with van der Waals surface area (Å²) in [6, 6.07) is 1.88. The highest BCUT2D eigenvalue weighted by atomic mass is 16.2. The van der Waals surface area contributed by atoms with Crippen molar-refractivity contribution in [2.24, 2.45) is 0 Å². The van der Waals surface area contributed by atoms with Crippen LogP contribution in [0.15, 0.2) is 18.5 Å². The predicted octanol–water partition coefficient (Wildman–Crippen LogP) is -0.439. The Balaban J connectivity index is 2.08. The van der Waals surface area contributed by atoms with Gasteiger partial charge in [0.25, 0.3) is 0 Å². The van der Waals surface area contributed by atoms with Crippen molar-refractivity contribution in [3.05, 3.63) is 18.5 Å². The molecule has 0 saturated heterocycles. The number of carbonyl (C=O) groups is 1.